The van der Waals surface area contributed by atoms with Crippen molar-refractivity contribution in [2.75, 3.05) is 0 Å². The van der Waals surface area contributed by atoms with E-state index in [9.17, 15) is 0 Å². The molecule has 0 fully saturated rings. The summed E-state index contributed by atoms with van der Waals surface area (Å²) in [5, 5.41) is 0. The van der Waals surface area contributed by atoms with E-state index in [-0.39, 0.29) is 146 Å². The Morgan fingerprint density at radius 1 is 1.00 bits per heavy atom. The standard InChI is InChI=1S/Er.Na.Y.Yb.H. The molecule has 1 radical (unpaired) electrons. The van der Waals surface area contributed by atoms with Gasteiger partial charge in [-0.15, -0.1) is 0 Å². The molecule has 0 amide bonds. The maximum Gasteiger partial charge on any atom is 0 e. The molecule has 0 aromatic carbocycles. The number of hydrogen-bond acceptors (Lipinski definition) is 0. The molecule has 0 aromatic heterocycles. The van der Waals surface area contributed by atoms with Gasteiger partial charge in [0.15, 0.2) is 0 Å². The topological polar surface area (TPSA) is 0 Å². The average Bonchev–Trinajstić information content (AvgIpc) is 0. The second-order valence-electron chi connectivity index (χ2n) is 0. The molecule has 0 bridgehead atoms. The predicted molar refractivity (Wildman–Crippen MR) is 7.15 cm³/mol. The van der Waals surface area contributed by atoms with Crippen molar-refractivity contribution in [1.29, 1.82) is 0 Å². The smallest absolute Gasteiger partial charge is 0 e. The van der Waals surface area contributed by atoms with E-state index in [0.29, 0.717) is 0 Å². The molecule has 0 aromatic rings. The second kappa shape index (κ2) is 15.7. The fourth-order valence-corrected chi connectivity index (χ4v) is 0. The van der Waals surface area contributed by atoms with Gasteiger partial charge in [0.1, 0.15) is 0 Å². The average molecular weight is 453 g/mol. The summed E-state index contributed by atoms with van der Waals surface area (Å²) >= 11 is 0. The zero-order chi connectivity index (χ0) is 0. The van der Waals surface area contributed by atoms with Crippen LogP contribution in [0.15, 0.2) is 0 Å². The van der Waals surface area contributed by atoms with Crippen molar-refractivity contribution in [3.8, 4) is 0 Å². The van der Waals surface area contributed by atoms with E-state index >= 15 is 0 Å². The molecule has 0 saturated heterocycles. The molecule has 4 heteroatoms. The second-order valence-corrected chi connectivity index (χ2v) is 0. The van der Waals surface area contributed by atoms with Gasteiger partial charge in [0, 0.05) is 117 Å². The van der Waals surface area contributed by atoms with Crippen LogP contribution in [0.2, 0.25) is 0 Å². The fraction of sp³-hybridized carbons (Fsp3) is 0. The molecular weight excluding hydrogens is 452 g/mol. The van der Waals surface area contributed by atoms with Gasteiger partial charge < -0.3 is 0 Å². The van der Waals surface area contributed by atoms with Gasteiger partial charge in [0.2, 0.25) is 0 Å². The summed E-state index contributed by atoms with van der Waals surface area (Å²) < 4.78 is 0. The normalized spacial score (nSPS) is 0. The van der Waals surface area contributed by atoms with Crippen LogP contribution in [-0.2, 0) is 32.7 Å². The van der Waals surface area contributed by atoms with Crippen molar-refractivity contribution in [2.45, 2.75) is 0 Å². The Hall–Kier alpha value is 4.87. The zero-order valence-electron chi connectivity index (χ0n) is 1.13. The summed E-state index contributed by atoms with van der Waals surface area (Å²) in [5.74, 6) is 0. The molecule has 0 aliphatic carbocycles. The van der Waals surface area contributed by atoms with Crippen LogP contribution in [0.5, 0.6) is 0 Å². The molecule has 0 saturated carbocycles. The molecule has 0 atom stereocenters. The van der Waals surface area contributed by atoms with Crippen molar-refractivity contribution < 1.29 is 117 Å². The molecule has 4 heavy (non-hydrogen) atoms. The van der Waals surface area contributed by atoms with Crippen LogP contribution >= 0.6 is 0 Å². The first-order chi connectivity index (χ1) is 0. The van der Waals surface area contributed by atoms with E-state index in [1.54, 1.807) is 0 Å². The number of rotatable bonds is 0. The van der Waals surface area contributed by atoms with Crippen molar-refractivity contribution in [1.82, 2.24) is 0 Å². The third-order valence-electron chi connectivity index (χ3n) is 0. The number of hydrogen-bond donors (Lipinski definition) is 0. The largest absolute Gasteiger partial charge is 0 e. The third-order valence-corrected chi connectivity index (χ3v) is 0. The van der Waals surface area contributed by atoms with Crippen LogP contribution in [0.3, 0.4) is 0 Å². The first-order valence-corrected chi connectivity index (χ1v) is 0. The SMILES string of the molecule is [Er].[NaH].[Y].[Yb]. The fourth-order valence-electron chi connectivity index (χ4n) is 0. The van der Waals surface area contributed by atoms with Gasteiger partial charge in [0.25, 0.3) is 0 Å². The van der Waals surface area contributed by atoms with Crippen LogP contribution in [0.4, 0.5) is 0 Å². The Balaban J connectivity index is 0. The van der Waals surface area contributed by atoms with E-state index in [0.717, 1.165) is 0 Å². The Morgan fingerprint density at radius 3 is 1.00 bits per heavy atom. The molecule has 31 valence electrons. The van der Waals surface area contributed by atoms with Gasteiger partial charge in [0.05, 0.1) is 0 Å². The van der Waals surface area contributed by atoms with E-state index < -0.39 is 0 Å². The van der Waals surface area contributed by atoms with Gasteiger partial charge in [-0.3, -0.25) is 0 Å². The summed E-state index contributed by atoms with van der Waals surface area (Å²) in [6.07, 6.45) is 0. The van der Waals surface area contributed by atoms with Gasteiger partial charge in [-0.2, -0.15) is 0 Å². The minimum Gasteiger partial charge on any atom is 0 e. The van der Waals surface area contributed by atoms with E-state index in [4.69, 9.17) is 0 Å². The van der Waals surface area contributed by atoms with Crippen molar-refractivity contribution >= 4 is 29.6 Å². The van der Waals surface area contributed by atoms with Crippen LogP contribution in [0, 0.1) is 84.2 Å². The monoisotopic (exact) mass is 453 g/mol. The van der Waals surface area contributed by atoms with Crippen molar-refractivity contribution in [3.05, 3.63) is 0 Å². The zero-order valence-corrected chi connectivity index (χ0v) is 7.54. The summed E-state index contributed by atoms with van der Waals surface area (Å²) in [4.78, 5) is 0. The summed E-state index contributed by atoms with van der Waals surface area (Å²) in [6, 6.07) is 0. The molecule has 0 N–H and O–H groups in total. The molecule has 0 rings (SSSR count). The van der Waals surface area contributed by atoms with Crippen LogP contribution in [0.1, 0.15) is 0 Å². The quantitative estimate of drug-likeness (QED) is 0.428. The Kier molecular flexibility index (Phi) is 90.7. The summed E-state index contributed by atoms with van der Waals surface area (Å²) in [6.45, 7) is 0. The first-order valence-electron chi connectivity index (χ1n) is 0. The van der Waals surface area contributed by atoms with Crippen molar-refractivity contribution in [3.63, 3.8) is 0 Å². The maximum atomic E-state index is 0. The van der Waals surface area contributed by atoms with Gasteiger partial charge >= 0.3 is 29.6 Å². The minimum absolute atomic E-state index is 0. The molecule has 0 nitrogen and oxygen atoms in total. The van der Waals surface area contributed by atoms with Gasteiger partial charge in [-0.05, 0) is 0 Å². The predicted octanol–water partition coefficient (Wildman–Crippen LogP) is -0.651. The van der Waals surface area contributed by atoms with Crippen molar-refractivity contribution in [2.24, 2.45) is 0 Å². The Labute approximate surface area is 142 Å². The summed E-state index contributed by atoms with van der Waals surface area (Å²) in [7, 11) is 0. The molecule has 0 aliphatic heterocycles. The maximum absolute atomic E-state index is 0. The molecule has 0 spiro atoms. The first kappa shape index (κ1) is 23.2. The van der Waals surface area contributed by atoms with E-state index in [2.05, 4.69) is 0 Å². The summed E-state index contributed by atoms with van der Waals surface area (Å²) in [5.41, 5.74) is 0. The van der Waals surface area contributed by atoms with Crippen LogP contribution < -0.4 is 0 Å². The van der Waals surface area contributed by atoms with Crippen LogP contribution in [0.25, 0.3) is 0 Å². The molecule has 0 aliphatic rings. The van der Waals surface area contributed by atoms with Gasteiger partial charge in [-0.1, -0.05) is 0 Å². The Bertz CT molecular complexity index is 8.00. The molecule has 0 heterocycles. The van der Waals surface area contributed by atoms with Gasteiger partial charge in [-0.25, -0.2) is 0 Å². The molecule has 0 unspecified atom stereocenters. The van der Waals surface area contributed by atoms with E-state index in [1.165, 1.54) is 0 Å². The molecular formula is HErNaYYb. The van der Waals surface area contributed by atoms with E-state index in [1.807, 2.05) is 0 Å². The third kappa shape index (κ3) is 9.98. The Morgan fingerprint density at radius 2 is 1.00 bits per heavy atom. The van der Waals surface area contributed by atoms with Crippen LogP contribution in [-0.4, -0.2) is 29.6 Å². The minimum atomic E-state index is 0.